The maximum atomic E-state index is 5.36. The number of methoxy groups -OCH3 is 3. The van der Waals surface area contributed by atoms with Gasteiger partial charge < -0.3 is 19.5 Å². The molecule has 0 amide bonds. The minimum atomic E-state index is 0.237. The Kier molecular flexibility index (Phi) is 6.87. The van der Waals surface area contributed by atoms with E-state index in [1.807, 2.05) is 23.9 Å². The van der Waals surface area contributed by atoms with Crippen LogP contribution in [0.15, 0.2) is 12.1 Å². The van der Waals surface area contributed by atoms with Gasteiger partial charge in [-0.2, -0.15) is 11.8 Å². The van der Waals surface area contributed by atoms with E-state index in [9.17, 15) is 0 Å². The Labute approximate surface area is 119 Å². The summed E-state index contributed by atoms with van der Waals surface area (Å²) in [6.45, 7) is 3.10. The monoisotopic (exact) mass is 285 g/mol. The molecule has 1 aromatic rings. The third-order valence-electron chi connectivity index (χ3n) is 2.94. The number of hydrogen-bond donors (Lipinski definition) is 1. The van der Waals surface area contributed by atoms with Crippen molar-refractivity contribution in [2.75, 3.05) is 39.9 Å². The van der Waals surface area contributed by atoms with E-state index in [0.29, 0.717) is 17.2 Å². The maximum absolute atomic E-state index is 5.36. The van der Waals surface area contributed by atoms with Crippen molar-refractivity contribution >= 4 is 11.8 Å². The van der Waals surface area contributed by atoms with Crippen molar-refractivity contribution in [3.05, 3.63) is 17.7 Å². The fraction of sp³-hybridized carbons (Fsp3) is 0.571. The molecule has 0 aliphatic heterocycles. The highest BCUT2D eigenvalue weighted by molar-refractivity contribution is 7.98. The van der Waals surface area contributed by atoms with Gasteiger partial charge in [0.1, 0.15) is 0 Å². The normalized spacial score (nSPS) is 12.1. The summed E-state index contributed by atoms with van der Waals surface area (Å²) in [4.78, 5) is 0. The number of rotatable bonds is 8. The molecule has 108 valence electrons. The highest BCUT2D eigenvalue weighted by Crippen LogP contribution is 2.39. The predicted molar refractivity (Wildman–Crippen MR) is 80.9 cm³/mol. The summed E-state index contributed by atoms with van der Waals surface area (Å²) in [5.41, 5.74) is 1.12. The second-order valence-electron chi connectivity index (χ2n) is 4.13. The predicted octanol–water partition coefficient (Wildman–Crippen LogP) is 2.73. The molecule has 0 saturated carbocycles. The zero-order valence-electron chi connectivity index (χ0n) is 12.3. The summed E-state index contributed by atoms with van der Waals surface area (Å²) in [6, 6.07) is 4.21. The van der Waals surface area contributed by atoms with Crippen LogP contribution in [0.1, 0.15) is 18.5 Å². The Morgan fingerprint density at radius 3 is 2.11 bits per heavy atom. The minimum absolute atomic E-state index is 0.237. The zero-order valence-corrected chi connectivity index (χ0v) is 13.1. The van der Waals surface area contributed by atoms with E-state index in [-0.39, 0.29) is 6.04 Å². The van der Waals surface area contributed by atoms with Gasteiger partial charge in [-0.1, -0.05) is 0 Å². The van der Waals surface area contributed by atoms with Gasteiger partial charge >= 0.3 is 0 Å². The Hall–Kier alpha value is -1.07. The number of ether oxygens (including phenoxy) is 3. The van der Waals surface area contributed by atoms with E-state index < -0.39 is 0 Å². The number of hydrogen-bond acceptors (Lipinski definition) is 5. The van der Waals surface area contributed by atoms with Crippen LogP contribution in [0.5, 0.6) is 17.2 Å². The number of nitrogens with one attached hydrogen (secondary N) is 1. The molecule has 0 fully saturated rings. The Morgan fingerprint density at radius 1 is 1.11 bits per heavy atom. The smallest absolute Gasteiger partial charge is 0.203 e. The second-order valence-corrected chi connectivity index (χ2v) is 5.11. The van der Waals surface area contributed by atoms with Gasteiger partial charge in [0.2, 0.25) is 5.75 Å². The second kappa shape index (κ2) is 8.17. The van der Waals surface area contributed by atoms with E-state index in [0.717, 1.165) is 17.9 Å². The summed E-state index contributed by atoms with van der Waals surface area (Å²) in [5, 5.41) is 3.47. The SMILES string of the molecule is COc1cc(C(C)NCCSC)cc(OC)c1OC. The van der Waals surface area contributed by atoms with Crippen molar-refractivity contribution in [3.63, 3.8) is 0 Å². The molecule has 0 aromatic heterocycles. The van der Waals surface area contributed by atoms with Crippen molar-refractivity contribution in [1.82, 2.24) is 5.32 Å². The molecule has 1 unspecified atom stereocenters. The van der Waals surface area contributed by atoms with Crippen LogP contribution >= 0.6 is 11.8 Å². The molecule has 0 bridgehead atoms. The fourth-order valence-corrected chi connectivity index (χ4v) is 2.17. The van der Waals surface area contributed by atoms with Gasteiger partial charge in [-0.15, -0.1) is 0 Å². The maximum Gasteiger partial charge on any atom is 0.203 e. The molecule has 1 rings (SSSR count). The lowest BCUT2D eigenvalue weighted by molar-refractivity contribution is 0.323. The Morgan fingerprint density at radius 2 is 1.68 bits per heavy atom. The van der Waals surface area contributed by atoms with Gasteiger partial charge in [0, 0.05) is 18.3 Å². The molecule has 1 atom stereocenters. The highest BCUT2D eigenvalue weighted by Gasteiger charge is 2.15. The van der Waals surface area contributed by atoms with E-state index >= 15 is 0 Å². The van der Waals surface area contributed by atoms with E-state index in [1.54, 1.807) is 21.3 Å². The largest absolute Gasteiger partial charge is 0.493 e. The van der Waals surface area contributed by atoms with Crippen LogP contribution < -0.4 is 19.5 Å². The van der Waals surface area contributed by atoms with Gasteiger partial charge in [0.25, 0.3) is 0 Å². The fourth-order valence-electron chi connectivity index (χ4n) is 1.85. The molecule has 1 aromatic carbocycles. The number of thioether (sulfide) groups is 1. The molecule has 4 nitrogen and oxygen atoms in total. The summed E-state index contributed by atoms with van der Waals surface area (Å²) in [6.07, 6.45) is 2.10. The molecule has 0 spiro atoms. The van der Waals surface area contributed by atoms with Gasteiger partial charge in [-0.05, 0) is 30.9 Å². The molecule has 0 aliphatic rings. The molecule has 0 heterocycles. The molecule has 1 N–H and O–H groups in total. The topological polar surface area (TPSA) is 39.7 Å². The van der Waals surface area contributed by atoms with Crippen molar-refractivity contribution in [1.29, 1.82) is 0 Å². The van der Waals surface area contributed by atoms with Gasteiger partial charge in [0.05, 0.1) is 21.3 Å². The average molecular weight is 285 g/mol. The molecular weight excluding hydrogens is 262 g/mol. The van der Waals surface area contributed by atoms with Crippen LogP contribution in [0.25, 0.3) is 0 Å². The lowest BCUT2D eigenvalue weighted by atomic mass is 10.1. The molecule has 0 saturated heterocycles. The Bertz CT molecular complexity index is 373. The van der Waals surface area contributed by atoms with Crippen LogP contribution in [-0.2, 0) is 0 Å². The van der Waals surface area contributed by atoms with Crippen LogP contribution in [0.2, 0.25) is 0 Å². The van der Waals surface area contributed by atoms with E-state index in [2.05, 4.69) is 18.5 Å². The van der Waals surface area contributed by atoms with Crippen molar-refractivity contribution < 1.29 is 14.2 Å². The van der Waals surface area contributed by atoms with Crippen LogP contribution in [0, 0.1) is 0 Å². The van der Waals surface area contributed by atoms with Crippen molar-refractivity contribution in [2.24, 2.45) is 0 Å². The van der Waals surface area contributed by atoms with E-state index in [4.69, 9.17) is 14.2 Å². The lowest BCUT2D eigenvalue weighted by Gasteiger charge is -2.18. The van der Waals surface area contributed by atoms with Crippen LogP contribution in [0.3, 0.4) is 0 Å². The molecular formula is C14H23NO3S. The van der Waals surface area contributed by atoms with Crippen molar-refractivity contribution in [3.8, 4) is 17.2 Å². The number of benzene rings is 1. The molecule has 5 heteroatoms. The van der Waals surface area contributed by atoms with Crippen LogP contribution in [0.4, 0.5) is 0 Å². The first-order valence-electron chi connectivity index (χ1n) is 6.20. The summed E-state index contributed by atoms with van der Waals surface area (Å²) in [7, 11) is 4.87. The first-order valence-corrected chi connectivity index (χ1v) is 7.59. The van der Waals surface area contributed by atoms with Gasteiger partial charge in [0.15, 0.2) is 11.5 Å². The highest BCUT2D eigenvalue weighted by atomic mass is 32.2. The molecule has 19 heavy (non-hydrogen) atoms. The minimum Gasteiger partial charge on any atom is -0.493 e. The first kappa shape index (κ1) is 16.0. The third kappa shape index (κ3) is 4.21. The summed E-state index contributed by atoms with van der Waals surface area (Å²) < 4.78 is 16.0. The molecule has 0 radical (unpaired) electrons. The van der Waals surface area contributed by atoms with Gasteiger partial charge in [-0.25, -0.2) is 0 Å². The first-order chi connectivity index (χ1) is 9.17. The zero-order chi connectivity index (χ0) is 14.3. The summed E-state index contributed by atoms with van der Waals surface area (Å²) in [5.74, 6) is 3.10. The summed E-state index contributed by atoms with van der Waals surface area (Å²) >= 11 is 1.83. The third-order valence-corrected chi connectivity index (χ3v) is 3.56. The quantitative estimate of drug-likeness (QED) is 0.744. The standard InChI is InChI=1S/C14H23NO3S/c1-10(15-6-7-19-5)11-8-12(16-2)14(18-4)13(9-11)17-3/h8-10,15H,6-7H2,1-5H3. The Balaban J connectivity index is 2.95. The van der Waals surface area contributed by atoms with Gasteiger partial charge in [-0.3, -0.25) is 0 Å². The van der Waals surface area contributed by atoms with Crippen LogP contribution in [-0.4, -0.2) is 39.9 Å². The molecule has 0 aliphatic carbocycles. The lowest BCUT2D eigenvalue weighted by Crippen LogP contribution is -2.21. The van der Waals surface area contributed by atoms with E-state index in [1.165, 1.54) is 0 Å². The van der Waals surface area contributed by atoms with Crippen molar-refractivity contribution in [2.45, 2.75) is 13.0 Å². The average Bonchev–Trinajstić information content (AvgIpc) is 2.45.